The zero-order valence-electron chi connectivity index (χ0n) is 13.5. The van der Waals surface area contributed by atoms with Crippen LogP contribution in [0.3, 0.4) is 0 Å². The van der Waals surface area contributed by atoms with E-state index in [0.29, 0.717) is 6.73 Å². The Morgan fingerprint density at radius 2 is 1.86 bits per heavy atom. The SMILES string of the molecule is Cc1c(Br)c(-c2ccc(Cl)cc2)nn1COCC[Si](C)(C)C. The Bertz CT molecular complexity index is 635. The molecule has 0 spiro atoms. The van der Waals surface area contributed by atoms with Crippen molar-refractivity contribution in [3.63, 3.8) is 0 Å². The standard InChI is InChI=1S/C16H22BrClN2OSi/c1-12-15(17)16(13-5-7-14(18)8-6-13)19-20(12)11-21-9-10-22(2,3)4/h5-8H,9-11H2,1-4H3. The van der Waals surface area contributed by atoms with Crippen LogP contribution in [0.25, 0.3) is 11.3 Å². The van der Waals surface area contributed by atoms with Gasteiger partial charge in [0.2, 0.25) is 0 Å². The topological polar surface area (TPSA) is 27.1 Å². The third-order valence-electron chi connectivity index (χ3n) is 3.46. The number of rotatable bonds is 6. The van der Waals surface area contributed by atoms with Gasteiger partial charge in [0.15, 0.2) is 0 Å². The zero-order valence-corrected chi connectivity index (χ0v) is 16.8. The van der Waals surface area contributed by atoms with E-state index in [1.807, 2.05) is 35.9 Å². The first-order valence-corrected chi connectivity index (χ1v) is 12.2. The summed E-state index contributed by atoms with van der Waals surface area (Å²) in [6, 6.07) is 8.87. The molecule has 0 radical (unpaired) electrons. The summed E-state index contributed by atoms with van der Waals surface area (Å²) < 4.78 is 8.70. The lowest BCUT2D eigenvalue weighted by Crippen LogP contribution is -2.22. The molecule has 0 N–H and O–H groups in total. The molecule has 0 saturated heterocycles. The Hall–Kier alpha value is -0.623. The predicted octanol–water partition coefficient (Wildman–Crippen LogP) is 5.59. The number of benzene rings is 1. The van der Waals surface area contributed by atoms with Crippen LogP contribution < -0.4 is 0 Å². The van der Waals surface area contributed by atoms with Gasteiger partial charge in [-0.15, -0.1) is 0 Å². The Labute approximate surface area is 146 Å². The van der Waals surface area contributed by atoms with Crippen molar-refractivity contribution < 1.29 is 4.74 Å². The summed E-state index contributed by atoms with van der Waals surface area (Å²) in [6.45, 7) is 10.4. The molecule has 0 aliphatic heterocycles. The maximum atomic E-state index is 5.94. The molecule has 0 amide bonds. The van der Waals surface area contributed by atoms with Crippen LogP contribution in [0.5, 0.6) is 0 Å². The second kappa shape index (κ2) is 7.30. The van der Waals surface area contributed by atoms with Crippen molar-refractivity contribution >= 4 is 35.6 Å². The summed E-state index contributed by atoms with van der Waals surface area (Å²) >= 11 is 9.57. The Kier molecular flexibility index (Phi) is 5.88. The molecule has 0 unspecified atom stereocenters. The van der Waals surface area contributed by atoms with E-state index in [2.05, 4.69) is 40.7 Å². The molecule has 0 saturated carbocycles. The minimum absolute atomic E-state index is 0.489. The fraction of sp³-hybridized carbons (Fsp3) is 0.438. The van der Waals surface area contributed by atoms with Crippen LogP contribution in [0.2, 0.25) is 30.7 Å². The van der Waals surface area contributed by atoms with Gasteiger partial charge in [-0.2, -0.15) is 5.10 Å². The largest absolute Gasteiger partial charge is 0.360 e. The van der Waals surface area contributed by atoms with Gasteiger partial charge in [-0.3, -0.25) is 0 Å². The lowest BCUT2D eigenvalue weighted by atomic mass is 10.1. The maximum absolute atomic E-state index is 5.94. The van der Waals surface area contributed by atoms with Gasteiger partial charge in [-0.05, 0) is 41.0 Å². The number of hydrogen-bond donors (Lipinski definition) is 0. The second-order valence-corrected chi connectivity index (χ2v) is 13.5. The van der Waals surface area contributed by atoms with Crippen molar-refractivity contribution in [3.8, 4) is 11.3 Å². The second-order valence-electron chi connectivity index (χ2n) is 6.60. The van der Waals surface area contributed by atoms with Gasteiger partial charge in [-0.1, -0.05) is 43.4 Å². The molecule has 1 aromatic carbocycles. The first-order valence-electron chi connectivity index (χ1n) is 7.34. The van der Waals surface area contributed by atoms with Gasteiger partial charge >= 0.3 is 0 Å². The molecule has 1 heterocycles. The minimum atomic E-state index is -1.05. The Morgan fingerprint density at radius 1 is 1.23 bits per heavy atom. The van der Waals surface area contributed by atoms with Crippen LogP contribution in [0.1, 0.15) is 5.69 Å². The maximum Gasteiger partial charge on any atom is 0.139 e. The van der Waals surface area contributed by atoms with E-state index in [1.165, 1.54) is 6.04 Å². The first kappa shape index (κ1) is 17.7. The van der Waals surface area contributed by atoms with Crippen molar-refractivity contribution in [2.45, 2.75) is 39.3 Å². The normalized spacial score (nSPS) is 11.9. The molecule has 0 aliphatic rings. The van der Waals surface area contributed by atoms with Crippen LogP contribution in [-0.2, 0) is 11.5 Å². The lowest BCUT2D eigenvalue weighted by molar-refractivity contribution is 0.0772. The Balaban J connectivity index is 2.08. The highest BCUT2D eigenvalue weighted by molar-refractivity contribution is 9.10. The highest BCUT2D eigenvalue weighted by Crippen LogP contribution is 2.30. The first-order chi connectivity index (χ1) is 10.3. The van der Waals surface area contributed by atoms with Crippen molar-refractivity contribution in [1.29, 1.82) is 0 Å². The monoisotopic (exact) mass is 400 g/mol. The van der Waals surface area contributed by atoms with Crippen LogP contribution in [0.15, 0.2) is 28.7 Å². The van der Waals surface area contributed by atoms with E-state index in [4.69, 9.17) is 16.3 Å². The van der Waals surface area contributed by atoms with Gasteiger partial charge in [0, 0.05) is 25.3 Å². The molecule has 1 aromatic heterocycles. The number of aromatic nitrogens is 2. The molecule has 0 fully saturated rings. The summed E-state index contributed by atoms with van der Waals surface area (Å²) in [6.07, 6.45) is 0. The fourth-order valence-electron chi connectivity index (χ4n) is 1.97. The summed E-state index contributed by atoms with van der Waals surface area (Å²) in [5.41, 5.74) is 3.03. The summed E-state index contributed by atoms with van der Waals surface area (Å²) in [5, 5.41) is 5.38. The van der Waals surface area contributed by atoms with E-state index >= 15 is 0 Å². The average molecular weight is 402 g/mol. The van der Waals surface area contributed by atoms with E-state index in [-0.39, 0.29) is 0 Å². The summed E-state index contributed by atoms with van der Waals surface area (Å²) in [7, 11) is -1.05. The van der Waals surface area contributed by atoms with Gasteiger partial charge < -0.3 is 4.74 Å². The van der Waals surface area contributed by atoms with Gasteiger partial charge in [-0.25, -0.2) is 4.68 Å². The van der Waals surface area contributed by atoms with E-state index in [0.717, 1.165) is 33.1 Å². The van der Waals surface area contributed by atoms with Crippen molar-refractivity contribution in [2.24, 2.45) is 0 Å². The lowest BCUT2D eigenvalue weighted by Gasteiger charge is -2.15. The molecule has 6 heteroatoms. The van der Waals surface area contributed by atoms with E-state index < -0.39 is 8.07 Å². The number of nitrogens with zero attached hydrogens (tertiary/aromatic N) is 2. The third kappa shape index (κ3) is 4.68. The van der Waals surface area contributed by atoms with E-state index in [9.17, 15) is 0 Å². The van der Waals surface area contributed by atoms with Gasteiger partial charge in [0.05, 0.1) is 10.2 Å². The quantitative estimate of drug-likeness (QED) is 0.466. The minimum Gasteiger partial charge on any atom is -0.360 e. The average Bonchev–Trinajstić information content (AvgIpc) is 2.72. The molecule has 0 atom stereocenters. The zero-order chi connectivity index (χ0) is 16.3. The Morgan fingerprint density at radius 3 is 2.45 bits per heavy atom. The number of halogens is 2. The molecule has 22 heavy (non-hydrogen) atoms. The highest BCUT2D eigenvalue weighted by Gasteiger charge is 2.15. The number of ether oxygens (including phenoxy) is 1. The molecule has 0 bridgehead atoms. The fourth-order valence-corrected chi connectivity index (χ4v) is 3.37. The molecular formula is C16H22BrClN2OSi. The van der Waals surface area contributed by atoms with Crippen molar-refractivity contribution in [1.82, 2.24) is 9.78 Å². The van der Waals surface area contributed by atoms with Crippen molar-refractivity contribution in [3.05, 3.63) is 39.5 Å². The summed E-state index contributed by atoms with van der Waals surface area (Å²) in [5.74, 6) is 0. The van der Waals surface area contributed by atoms with E-state index in [1.54, 1.807) is 0 Å². The predicted molar refractivity (Wildman–Crippen MR) is 99.2 cm³/mol. The number of hydrogen-bond acceptors (Lipinski definition) is 2. The van der Waals surface area contributed by atoms with Crippen LogP contribution >= 0.6 is 27.5 Å². The van der Waals surface area contributed by atoms with Crippen LogP contribution in [-0.4, -0.2) is 24.5 Å². The van der Waals surface area contributed by atoms with Gasteiger partial charge in [0.25, 0.3) is 0 Å². The summed E-state index contributed by atoms with van der Waals surface area (Å²) in [4.78, 5) is 0. The molecule has 2 rings (SSSR count). The smallest absolute Gasteiger partial charge is 0.139 e. The van der Waals surface area contributed by atoms with Crippen LogP contribution in [0, 0.1) is 6.92 Å². The molecule has 3 nitrogen and oxygen atoms in total. The molecule has 0 aliphatic carbocycles. The molecule has 2 aromatic rings. The highest BCUT2D eigenvalue weighted by atomic mass is 79.9. The van der Waals surface area contributed by atoms with Crippen LogP contribution in [0.4, 0.5) is 0 Å². The van der Waals surface area contributed by atoms with Gasteiger partial charge in [0.1, 0.15) is 12.4 Å². The molecule has 120 valence electrons. The van der Waals surface area contributed by atoms with Crippen molar-refractivity contribution in [2.75, 3.05) is 6.61 Å². The molecular weight excluding hydrogens is 380 g/mol. The third-order valence-corrected chi connectivity index (χ3v) is 6.37.